The zero-order chi connectivity index (χ0) is 16.1. The van der Waals surface area contributed by atoms with Crippen molar-refractivity contribution in [1.82, 2.24) is 9.97 Å². The van der Waals surface area contributed by atoms with Gasteiger partial charge in [-0.25, -0.2) is 4.79 Å². The van der Waals surface area contributed by atoms with Crippen LogP contribution in [0.25, 0.3) is 11.0 Å². The summed E-state index contributed by atoms with van der Waals surface area (Å²) in [5, 5.41) is 5.54. The summed E-state index contributed by atoms with van der Waals surface area (Å²) in [5.74, 6) is 0.770. The Morgan fingerprint density at radius 2 is 1.61 bits per heavy atom. The maximum Gasteiger partial charge on any atom is 0.323 e. The first-order chi connectivity index (χ1) is 11.2. The van der Waals surface area contributed by atoms with Crippen LogP contribution in [0.3, 0.4) is 0 Å². The molecule has 6 heteroatoms. The highest BCUT2D eigenvalue weighted by molar-refractivity contribution is 6.00. The van der Waals surface area contributed by atoms with E-state index in [9.17, 15) is 4.79 Å². The van der Waals surface area contributed by atoms with E-state index in [4.69, 9.17) is 4.74 Å². The maximum absolute atomic E-state index is 12.0. The van der Waals surface area contributed by atoms with Crippen LogP contribution in [0.4, 0.5) is 16.2 Å². The molecule has 0 spiro atoms. The predicted octanol–water partition coefficient (Wildman–Crippen LogP) is 3.67. The van der Waals surface area contributed by atoms with E-state index in [1.807, 2.05) is 25.1 Å². The van der Waals surface area contributed by atoms with Crippen LogP contribution in [0.15, 0.2) is 54.9 Å². The number of hydrogen-bond donors (Lipinski definition) is 2. The molecule has 23 heavy (non-hydrogen) atoms. The van der Waals surface area contributed by atoms with Crippen molar-refractivity contribution in [2.75, 3.05) is 17.2 Å². The van der Waals surface area contributed by atoms with Crippen molar-refractivity contribution in [2.24, 2.45) is 0 Å². The van der Waals surface area contributed by atoms with Crippen LogP contribution >= 0.6 is 0 Å². The van der Waals surface area contributed by atoms with E-state index in [0.717, 1.165) is 16.8 Å². The second kappa shape index (κ2) is 6.74. The molecule has 0 bridgehead atoms. The van der Waals surface area contributed by atoms with E-state index in [1.165, 1.54) is 0 Å². The average molecular weight is 308 g/mol. The molecule has 0 aliphatic carbocycles. The van der Waals surface area contributed by atoms with Gasteiger partial charge in [0.15, 0.2) is 0 Å². The van der Waals surface area contributed by atoms with Gasteiger partial charge in [-0.05, 0) is 49.4 Å². The van der Waals surface area contributed by atoms with E-state index in [0.29, 0.717) is 18.0 Å². The fourth-order valence-electron chi connectivity index (χ4n) is 2.14. The van der Waals surface area contributed by atoms with E-state index in [2.05, 4.69) is 20.6 Å². The lowest BCUT2D eigenvalue weighted by Crippen LogP contribution is -2.19. The first-order valence-corrected chi connectivity index (χ1v) is 7.26. The quantitative estimate of drug-likeness (QED) is 0.771. The van der Waals surface area contributed by atoms with Gasteiger partial charge in [0.2, 0.25) is 0 Å². The Morgan fingerprint density at radius 1 is 0.957 bits per heavy atom. The van der Waals surface area contributed by atoms with E-state index in [1.54, 1.807) is 36.7 Å². The zero-order valence-electron chi connectivity index (χ0n) is 12.6. The van der Waals surface area contributed by atoms with Crippen LogP contribution < -0.4 is 15.4 Å². The van der Waals surface area contributed by atoms with E-state index >= 15 is 0 Å². The number of fused-ring (bicyclic) bond motifs is 1. The van der Waals surface area contributed by atoms with Gasteiger partial charge in [0.05, 0.1) is 17.6 Å². The molecule has 0 aliphatic heterocycles. The Labute approximate surface area is 133 Å². The molecule has 0 saturated heterocycles. The van der Waals surface area contributed by atoms with Gasteiger partial charge in [-0.3, -0.25) is 9.97 Å². The van der Waals surface area contributed by atoms with Crippen molar-refractivity contribution in [2.45, 2.75) is 6.92 Å². The van der Waals surface area contributed by atoms with E-state index in [-0.39, 0.29) is 6.03 Å². The van der Waals surface area contributed by atoms with Crippen molar-refractivity contribution in [3.05, 3.63) is 54.9 Å². The summed E-state index contributed by atoms with van der Waals surface area (Å²) in [6.07, 6.45) is 3.25. The molecule has 116 valence electrons. The molecular weight excluding hydrogens is 292 g/mol. The largest absolute Gasteiger partial charge is 0.494 e. The molecule has 0 radical (unpaired) electrons. The van der Waals surface area contributed by atoms with Gasteiger partial charge in [-0.1, -0.05) is 0 Å². The molecule has 0 unspecified atom stereocenters. The number of carbonyl (C=O) groups is 1. The first kappa shape index (κ1) is 14.8. The van der Waals surface area contributed by atoms with Gasteiger partial charge in [0.1, 0.15) is 5.75 Å². The molecule has 3 aromatic rings. The molecule has 0 atom stereocenters. The third kappa shape index (κ3) is 3.74. The summed E-state index contributed by atoms with van der Waals surface area (Å²) < 4.78 is 5.36. The minimum Gasteiger partial charge on any atom is -0.494 e. The SMILES string of the molecule is CCOc1ccc(NC(=O)Nc2ccc3nccnc3c2)cc1. The number of urea groups is 1. The Kier molecular flexibility index (Phi) is 4.33. The first-order valence-electron chi connectivity index (χ1n) is 7.26. The second-order valence-corrected chi connectivity index (χ2v) is 4.80. The molecule has 2 N–H and O–H groups in total. The number of nitrogens with zero attached hydrogens (tertiary/aromatic N) is 2. The minimum absolute atomic E-state index is 0.322. The maximum atomic E-state index is 12.0. The molecule has 0 aliphatic rings. The normalized spacial score (nSPS) is 10.3. The Bertz CT molecular complexity index is 818. The Morgan fingerprint density at radius 3 is 2.35 bits per heavy atom. The van der Waals surface area contributed by atoms with Crippen molar-refractivity contribution in [3.63, 3.8) is 0 Å². The lowest BCUT2D eigenvalue weighted by Gasteiger charge is -2.09. The van der Waals surface area contributed by atoms with Gasteiger partial charge in [0, 0.05) is 23.8 Å². The average Bonchev–Trinajstić information content (AvgIpc) is 2.57. The molecular formula is C17H16N4O2. The van der Waals surface area contributed by atoms with Crippen molar-refractivity contribution in [3.8, 4) is 5.75 Å². The van der Waals surface area contributed by atoms with Gasteiger partial charge in [-0.2, -0.15) is 0 Å². The van der Waals surface area contributed by atoms with Crippen molar-refractivity contribution >= 4 is 28.4 Å². The number of nitrogens with one attached hydrogen (secondary N) is 2. The number of rotatable bonds is 4. The van der Waals surface area contributed by atoms with Gasteiger partial charge >= 0.3 is 6.03 Å². The number of carbonyl (C=O) groups excluding carboxylic acids is 1. The van der Waals surface area contributed by atoms with Crippen molar-refractivity contribution < 1.29 is 9.53 Å². The van der Waals surface area contributed by atoms with Crippen LogP contribution in [0, 0.1) is 0 Å². The molecule has 0 fully saturated rings. The fraction of sp³-hybridized carbons (Fsp3) is 0.118. The molecule has 3 rings (SSSR count). The lowest BCUT2D eigenvalue weighted by molar-refractivity contribution is 0.262. The summed E-state index contributed by atoms with van der Waals surface area (Å²) in [5.41, 5.74) is 2.85. The highest BCUT2D eigenvalue weighted by Gasteiger charge is 2.04. The fourth-order valence-corrected chi connectivity index (χ4v) is 2.14. The number of amides is 2. The number of anilines is 2. The predicted molar refractivity (Wildman–Crippen MR) is 89.8 cm³/mol. The summed E-state index contributed by atoms with van der Waals surface area (Å²) in [4.78, 5) is 20.4. The van der Waals surface area contributed by atoms with E-state index < -0.39 is 0 Å². The van der Waals surface area contributed by atoms with Gasteiger partial charge < -0.3 is 15.4 Å². The Balaban J connectivity index is 1.65. The molecule has 0 saturated carbocycles. The standard InChI is InChI=1S/C17H16N4O2/c1-2-23-14-6-3-12(4-7-14)20-17(22)21-13-5-8-15-16(11-13)19-10-9-18-15/h3-11H,2H2,1H3,(H2,20,21,22). The number of ether oxygens (including phenoxy) is 1. The molecule has 1 aromatic heterocycles. The summed E-state index contributed by atoms with van der Waals surface area (Å²) in [6, 6.07) is 12.3. The highest BCUT2D eigenvalue weighted by atomic mass is 16.5. The zero-order valence-corrected chi connectivity index (χ0v) is 12.6. The van der Waals surface area contributed by atoms with Crippen LogP contribution in [0.2, 0.25) is 0 Å². The van der Waals surface area contributed by atoms with Crippen molar-refractivity contribution in [1.29, 1.82) is 0 Å². The topological polar surface area (TPSA) is 76.1 Å². The molecule has 6 nitrogen and oxygen atoms in total. The van der Waals surface area contributed by atoms with Crippen LogP contribution in [0.1, 0.15) is 6.92 Å². The molecule has 2 amide bonds. The van der Waals surface area contributed by atoms with Crippen LogP contribution in [0.5, 0.6) is 5.75 Å². The highest BCUT2D eigenvalue weighted by Crippen LogP contribution is 2.17. The molecule has 2 aromatic carbocycles. The van der Waals surface area contributed by atoms with Crippen LogP contribution in [-0.2, 0) is 0 Å². The summed E-state index contributed by atoms with van der Waals surface area (Å²) in [7, 11) is 0. The smallest absolute Gasteiger partial charge is 0.323 e. The third-order valence-corrected chi connectivity index (χ3v) is 3.15. The monoisotopic (exact) mass is 308 g/mol. The second-order valence-electron chi connectivity index (χ2n) is 4.80. The van der Waals surface area contributed by atoms with Crippen LogP contribution in [-0.4, -0.2) is 22.6 Å². The van der Waals surface area contributed by atoms with Gasteiger partial charge in [-0.15, -0.1) is 0 Å². The number of hydrogen-bond acceptors (Lipinski definition) is 4. The summed E-state index contributed by atoms with van der Waals surface area (Å²) in [6.45, 7) is 2.53. The summed E-state index contributed by atoms with van der Waals surface area (Å²) >= 11 is 0. The molecule has 1 heterocycles. The lowest BCUT2D eigenvalue weighted by atomic mass is 10.2. The van der Waals surface area contributed by atoms with Gasteiger partial charge in [0.25, 0.3) is 0 Å². The number of aromatic nitrogens is 2. The minimum atomic E-state index is -0.322. The third-order valence-electron chi connectivity index (χ3n) is 3.15. The number of benzene rings is 2. The Hall–Kier alpha value is -3.15.